The number of aliphatic carboxylic acids is 1. The summed E-state index contributed by atoms with van der Waals surface area (Å²) in [4.78, 5) is 36.6. The molecule has 0 bridgehead atoms. The predicted molar refractivity (Wildman–Crippen MR) is 131 cm³/mol. The number of nitrogens with one attached hydrogen (secondary N) is 2. The molecule has 3 aliphatic carbocycles. The third-order valence-electron chi connectivity index (χ3n) is 7.25. The SMILES string of the molecule is O=C(NCC(CC1CC1)C(=O)NC1C=CC(C(=O)O)C1)OCC1c2ccccc2-c2ccccc21. The topological polar surface area (TPSA) is 105 Å². The number of carbonyl (C=O) groups is 3. The lowest BCUT2D eigenvalue weighted by Crippen LogP contribution is -2.43. The summed E-state index contributed by atoms with van der Waals surface area (Å²) in [6.07, 6.45) is 6.08. The molecule has 1 saturated carbocycles. The quantitative estimate of drug-likeness (QED) is 0.475. The molecule has 0 radical (unpaired) electrons. The Balaban J connectivity index is 1.15. The first kappa shape index (κ1) is 23.1. The van der Waals surface area contributed by atoms with E-state index in [2.05, 4.69) is 34.9 Å². The fourth-order valence-corrected chi connectivity index (χ4v) is 5.18. The van der Waals surface area contributed by atoms with Gasteiger partial charge in [0.2, 0.25) is 5.91 Å². The normalized spacial score (nSPS) is 21.1. The van der Waals surface area contributed by atoms with Gasteiger partial charge >= 0.3 is 12.1 Å². The summed E-state index contributed by atoms with van der Waals surface area (Å²) in [5.41, 5.74) is 4.64. The van der Waals surface area contributed by atoms with Crippen LogP contribution < -0.4 is 10.6 Å². The molecule has 35 heavy (non-hydrogen) atoms. The van der Waals surface area contributed by atoms with Crippen LogP contribution in [0, 0.1) is 17.8 Å². The summed E-state index contributed by atoms with van der Waals surface area (Å²) in [6.45, 7) is 0.417. The van der Waals surface area contributed by atoms with Crippen molar-refractivity contribution in [3.8, 4) is 11.1 Å². The lowest BCUT2D eigenvalue weighted by Gasteiger charge is -2.20. The number of alkyl carbamates (subject to hydrolysis) is 1. The average Bonchev–Trinajstić information content (AvgIpc) is 3.46. The second kappa shape index (κ2) is 9.94. The molecule has 0 aromatic heterocycles. The molecule has 2 aromatic carbocycles. The van der Waals surface area contributed by atoms with Crippen molar-refractivity contribution in [2.45, 2.75) is 37.6 Å². The standard InChI is InChI=1S/C28H30N2O5/c31-26(30-20-12-11-18(14-20)27(32)33)19(13-17-9-10-17)15-29-28(34)35-16-25-23-7-3-1-5-21(23)22-6-2-4-8-24(22)25/h1-8,11-12,17-20,25H,9-10,13-16H2,(H,29,34)(H,30,31)(H,32,33). The molecule has 0 aliphatic heterocycles. The Morgan fingerprint density at radius 3 is 2.23 bits per heavy atom. The van der Waals surface area contributed by atoms with Gasteiger partial charge in [-0.1, -0.05) is 73.5 Å². The Kier molecular flexibility index (Phi) is 6.57. The first-order valence-corrected chi connectivity index (χ1v) is 12.3. The van der Waals surface area contributed by atoms with E-state index >= 15 is 0 Å². The first-order valence-electron chi connectivity index (χ1n) is 12.3. The lowest BCUT2D eigenvalue weighted by molar-refractivity contribution is -0.140. The molecule has 2 aromatic rings. The maximum absolute atomic E-state index is 12.9. The van der Waals surface area contributed by atoms with Crippen molar-refractivity contribution < 1.29 is 24.2 Å². The Morgan fingerprint density at radius 2 is 1.63 bits per heavy atom. The van der Waals surface area contributed by atoms with Gasteiger partial charge in [-0.15, -0.1) is 0 Å². The summed E-state index contributed by atoms with van der Waals surface area (Å²) >= 11 is 0. The van der Waals surface area contributed by atoms with Crippen LogP contribution in [0.2, 0.25) is 0 Å². The van der Waals surface area contributed by atoms with E-state index in [1.807, 2.05) is 24.3 Å². The largest absolute Gasteiger partial charge is 0.481 e. The maximum atomic E-state index is 12.9. The molecule has 0 spiro atoms. The number of amides is 2. The van der Waals surface area contributed by atoms with E-state index in [0.29, 0.717) is 18.8 Å². The molecular formula is C28H30N2O5. The van der Waals surface area contributed by atoms with E-state index in [4.69, 9.17) is 9.84 Å². The monoisotopic (exact) mass is 474 g/mol. The van der Waals surface area contributed by atoms with Crippen LogP contribution in [0.15, 0.2) is 60.7 Å². The number of hydrogen-bond donors (Lipinski definition) is 3. The zero-order valence-corrected chi connectivity index (χ0v) is 19.5. The van der Waals surface area contributed by atoms with Gasteiger partial charge in [0.15, 0.2) is 0 Å². The summed E-state index contributed by atoms with van der Waals surface area (Å²) in [7, 11) is 0. The highest BCUT2D eigenvalue weighted by atomic mass is 16.5. The van der Waals surface area contributed by atoms with Crippen LogP contribution in [-0.2, 0) is 14.3 Å². The number of benzene rings is 2. The molecule has 3 unspecified atom stereocenters. The van der Waals surface area contributed by atoms with Crippen molar-refractivity contribution in [1.82, 2.24) is 10.6 Å². The summed E-state index contributed by atoms with van der Waals surface area (Å²) in [5, 5.41) is 14.9. The molecule has 182 valence electrons. The number of carbonyl (C=O) groups excluding carboxylic acids is 2. The minimum absolute atomic E-state index is 0.0185. The molecule has 3 aliphatic rings. The zero-order valence-electron chi connectivity index (χ0n) is 19.5. The van der Waals surface area contributed by atoms with Gasteiger partial charge in [0, 0.05) is 18.5 Å². The third kappa shape index (κ3) is 5.24. The Hall–Kier alpha value is -3.61. The molecule has 3 atom stereocenters. The van der Waals surface area contributed by atoms with E-state index in [0.717, 1.165) is 24.0 Å². The van der Waals surface area contributed by atoms with Crippen LogP contribution >= 0.6 is 0 Å². The fraction of sp³-hybridized carbons (Fsp3) is 0.393. The summed E-state index contributed by atoms with van der Waals surface area (Å²) in [5.74, 6) is -1.50. The van der Waals surface area contributed by atoms with Crippen molar-refractivity contribution in [3.05, 3.63) is 71.8 Å². The maximum Gasteiger partial charge on any atom is 0.407 e. The van der Waals surface area contributed by atoms with E-state index in [9.17, 15) is 14.4 Å². The fourth-order valence-electron chi connectivity index (χ4n) is 5.18. The van der Waals surface area contributed by atoms with Gasteiger partial charge in [0.1, 0.15) is 6.61 Å². The van der Waals surface area contributed by atoms with Gasteiger partial charge in [0.05, 0.1) is 11.8 Å². The van der Waals surface area contributed by atoms with Crippen LogP contribution in [0.5, 0.6) is 0 Å². The molecule has 0 saturated heterocycles. The van der Waals surface area contributed by atoms with E-state index in [1.54, 1.807) is 12.2 Å². The molecule has 3 N–H and O–H groups in total. The summed E-state index contributed by atoms with van der Waals surface area (Å²) in [6, 6.07) is 16.1. The third-order valence-corrected chi connectivity index (χ3v) is 7.25. The first-order chi connectivity index (χ1) is 17.0. The predicted octanol–water partition coefficient (Wildman–Crippen LogP) is 4.09. The van der Waals surface area contributed by atoms with Crippen LogP contribution in [0.1, 0.15) is 42.7 Å². The van der Waals surface area contributed by atoms with Crippen LogP contribution in [0.25, 0.3) is 11.1 Å². The van der Waals surface area contributed by atoms with E-state index < -0.39 is 18.0 Å². The highest BCUT2D eigenvalue weighted by molar-refractivity contribution is 5.81. The minimum Gasteiger partial charge on any atom is -0.481 e. The van der Waals surface area contributed by atoms with Gasteiger partial charge in [-0.2, -0.15) is 0 Å². The number of rotatable bonds is 9. The second-order valence-corrected chi connectivity index (χ2v) is 9.76. The Bertz CT molecular complexity index is 1110. The van der Waals surface area contributed by atoms with E-state index in [-0.39, 0.29) is 36.9 Å². The average molecular weight is 475 g/mol. The second-order valence-electron chi connectivity index (χ2n) is 9.76. The van der Waals surface area contributed by atoms with Gasteiger partial charge in [-0.3, -0.25) is 9.59 Å². The van der Waals surface area contributed by atoms with Crippen LogP contribution in [-0.4, -0.2) is 42.3 Å². The highest BCUT2D eigenvalue weighted by Crippen LogP contribution is 2.44. The molecule has 2 amide bonds. The van der Waals surface area contributed by atoms with Crippen molar-refractivity contribution >= 4 is 18.0 Å². The van der Waals surface area contributed by atoms with Gasteiger partial charge in [0.25, 0.3) is 0 Å². The molecule has 7 heteroatoms. The Labute approximate surface area is 204 Å². The van der Waals surface area contributed by atoms with E-state index in [1.165, 1.54) is 11.1 Å². The number of carboxylic acid groups (broad SMARTS) is 1. The highest BCUT2D eigenvalue weighted by Gasteiger charge is 2.33. The molecule has 1 fully saturated rings. The molecule has 7 nitrogen and oxygen atoms in total. The number of carboxylic acids is 1. The van der Waals surface area contributed by atoms with Crippen LogP contribution in [0.4, 0.5) is 4.79 Å². The van der Waals surface area contributed by atoms with Gasteiger partial charge < -0.3 is 20.5 Å². The van der Waals surface area contributed by atoms with Crippen molar-refractivity contribution in [2.24, 2.45) is 17.8 Å². The number of hydrogen-bond acceptors (Lipinski definition) is 4. The number of ether oxygens (including phenoxy) is 1. The van der Waals surface area contributed by atoms with Crippen molar-refractivity contribution in [2.75, 3.05) is 13.2 Å². The number of fused-ring (bicyclic) bond motifs is 3. The van der Waals surface area contributed by atoms with Crippen molar-refractivity contribution in [1.29, 1.82) is 0 Å². The molecular weight excluding hydrogens is 444 g/mol. The Morgan fingerprint density at radius 1 is 0.971 bits per heavy atom. The summed E-state index contributed by atoms with van der Waals surface area (Å²) < 4.78 is 5.61. The lowest BCUT2D eigenvalue weighted by atomic mass is 9.98. The smallest absolute Gasteiger partial charge is 0.407 e. The zero-order chi connectivity index (χ0) is 24.4. The van der Waals surface area contributed by atoms with Gasteiger partial charge in [-0.05, 0) is 41.0 Å². The van der Waals surface area contributed by atoms with Gasteiger partial charge in [-0.25, -0.2) is 4.79 Å². The molecule has 0 heterocycles. The minimum atomic E-state index is -0.885. The van der Waals surface area contributed by atoms with Crippen molar-refractivity contribution in [3.63, 3.8) is 0 Å². The van der Waals surface area contributed by atoms with Crippen LogP contribution in [0.3, 0.4) is 0 Å². The molecule has 5 rings (SSSR count).